The van der Waals surface area contributed by atoms with Crippen LogP contribution in [0.25, 0.3) is 0 Å². The molecule has 4 heteroatoms. The molecule has 0 radical (unpaired) electrons. The molecular weight excluding hydrogens is 352 g/mol. The minimum atomic E-state index is -0.507. The molecule has 1 unspecified atom stereocenters. The van der Waals surface area contributed by atoms with Crippen molar-refractivity contribution in [3.8, 4) is 0 Å². The highest BCUT2D eigenvalue weighted by Crippen LogP contribution is 2.12. The van der Waals surface area contributed by atoms with E-state index in [1.807, 2.05) is 49.4 Å². The van der Waals surface area contributed by atoms with Crippen LogP contribution in [0, 0.1) is 0 Å². The Morgan fingerprint density at radius 1 is 1.09 bits per heavy atom. The number of hydrogen-bond donors (Lipinski definition) is 2. The van der Waals surface area contributed by atoms with Gasteiger partial charge in [0, 0.05) is 10.5 Å². The lowest BCUT2D eigenvalue weighted by atomic mass is 10.0. The number of nitrogens with two attached hydrogens (primary N) is 1. The summed E-state index contributed by atoms with van der Waals surface area (Å²) in [6.07, 6.45) is 2.39. The molecule has 2 rings (SSSR count). The fourth-order valence-electron chi connectivity index (χ4n) is 2.42. The Labute approximate surface area is 146 Å². The summed E-state index contributed by atoms with van der Waals surface area (Å²) in [6.45, 7) is 2.02. The van der Waals surface area contributed by atoms with Crippen LogP contribution in [0.2, 0.25) is 0 Å². The maximum atomic E-state index is 12.2. The van der Waals surface area contributed by atoms with E-state index < -0.39 is 6.04 Å². The lowest BCUT2D eigenvalue weighted by Gasteiger charge is -2.17. The Hall–Kier alpha value is -1.65. The Morgan fingerprint density at radius 3 is 2.39 bits per heavy atom. The second-order valence-electron chi connectivity index (χ2n) is 5.87. The lowest BCUT2D eigenvalue weighted by molar-refractivity contribution is -0.123. The van der Waals surface area contributed by atoms with Crippen LogP contribution in [-0.2, 0) is 17.6 Å². The van der Waals surface area contributed by atoms with Crippen LogP contribution in [-0.4, -0.2) is 18.0 Å². The third-order valence-electron chi connectivity index (χ3n) is 3.80. The van der Waals surface area contributed by atoms with Crippen molar-refractivity contribution in [2.24, 2.45) is 5.73 Å². The predicted octanol–water partition coefficient (Wildman–Crippen LogP) is 3.46. The van der Waals surface area contributed by atoms with Crippen molar-refractivity contribution in [2.45, 2.75) is 38.3 Å². The van der Waals surface area contributed by atoms with E-state index >= 15 is 0 Å². The summed E-state index contributed by atoms with van der Waals surface area (Å²) in [5.41, 5.74) is 8.35. The number of rotatable bonds is 7. The van der Waals surface area contributed by atoms with E-state index in [1.165, 1.54) is 5.56 Å². The van der Waals surface area contributed by atoms with Gasteiger partial charge in [0.05, 0.1) is 6.04 Å². The first-order valence-electron chi connectivity index (χ1n) is 7.89. The van der Waals surface area contributed by atoms with Gasteiger partial charge in [-0.1, -0.05) is 58.4 Å². The maximum absolute atomic E-state index is 12.2. The highest BCUT2D eigenvalue weighted by molar-refractivity contribution is 9.10. The van der Waals surface area contributed by atoms with Crippen molar-refractivity contribution >= 4 is 21.8 Å². The lowest BCUT2D eigenvalue weighted by Crippen LogP contribution is -2.45. The summed E-state index contributed by atoms with van der Waals surface area (Å²) in [5.74, 6) is -0.0860. The fraction of sp³-hybridized carbons (Fsp3) is 0.316. The van der Waals surface area contributed by atoms with Crippen LogP contribution >= 0.6 is 15.9 Å². The van der Waals surface area contributed by atoms with E-state index in [0.717, 1.165) is 22.9 Å². The highest BCUT2D eigenvalue weighted by atomic mass is 79.9. The Bertz CT molecular complexity index is 613. The van der Waals surface area contributed by atoms with Crippen LogP contribution in [0.3, 0.4) is 0 Å². The summed E-state index contributed by atoms with van der Waals surface area (Å²) >= 11 is 3.43. The smallest absolute Gasteiger partial charge is 0.237 e. The molecule has 23 heavy (non-hydrogen) atoms. The molecule has 0 saturated carbocycles. The zero-order valence-electron chi connectivity index (χ0n) is 13.3. The molecule has 2 aromatic rings. The SMILES string of the molecule is CC(CCc1ccc(Br)cc1)NC(=O)[C@@H](N)Cc1ccccc1. The van der Waals surface area contributed by atoms with Gasteiger partial charge in [0.1, 0.15) is 0 Å². The van der Waals surface area contributed by atoms with Crippen molar-refractivity contribution in [1.82, 2.24) is 5.32 Å². The molecule has 0 bridgehead atoms. The summed E-state index contributed by atoms with van der Waals surface area (Å²) in [5, 5.41) is 3.01. The van der Waals surface area contributed by atoms with E-state index in [2.05, 4.69) is 33.4 Å². The van der Waals surface area contributed by atoms with Gasteiger partial charge in [-0.15, -0.1) is 0 Å². The second-order valence-corrected chi connectivity index (χ2v) is 6.79. The van der Waals surface area contributed by atoms with Crippen LogP contribution < -0.4 is 11.1 Å². The van der Waals surface area contributed by atoms with E-state index in [-0.39, 0.29) is 11.9 Å². The van der Waals surface area contributed by atoms with Crippen LogP contribution in [0.4, 0.5) is 0 Å². The van der Waals surface area contributed by atoms with E-state index in [1.54, 1.807) is 0 Å². The molecular formula is C19H23BrN2O. The monoisotopic (exact) mass is 374 g/mol. The van der Waals surface area contributed by atoms with Gasteiger partial charge in [0.25, 0.3) is 0 Å². The summed E-state index contributed by atoms with van der Waals surface area (Å²) < 4.78 is 1.08. The fourth-order valence-corrected chi connectivity index (χ4v) is 2.68. The highest BCUT2D eigenvalue weighted by Gasteiger charge is 2.16. The van der Waals surface area contributed by atoms with Crippen LogP contribution in [0.5, 0.6) is 0 Å². The molecule has 2 atom stereocenters. The molecule has 0 fully saturated rings. The number of amides is 1. The molecule has 122 valence electrons. The number of benzene rings is 2. The van der Waals surface area contributed by atoms with Crippen molar-refractivity contribution < 1.29 is 4.79 Å². The van der Waals surface area contributed by atoms with Crippen LogP contribution in [0.15, 0.2) is 59.1 Å². The number of carbonyl (C=O) groups excluding carboxylic acids is 1. The van der Waals surface area contributed by atoms with Crippen molar-refractivity contribution in [3.63, 3.8) is 0 Å². The molecule has 3 N–H and O–H groups in total. The molecule has 0 saturated heterocycles. The van der Waals surface area contributed by atoms with E-state index in [4.69, 9.17) is 5.73 Å². The third kappa shape index (κ3) is 6.16. The first-order chi connectivity index (χ1) is 11.0. The standard InChI is InChI=1S/C19H23BrN2O/c1-14(7-8-15-9-11-17(20)12-10-15)22-19(23)18(21)13-16-5-3-2-4-6-16/h2-6,9-12,14,18H,7-8,13,21H2,1H3,(H,22,23)/t14?,18-/m0/s1. The molecule has 0 spiro atoms. The first kappa shape index (κ1) is 17.7. The maximum Gasteiger partial charge on any atom is 0.237 e. The largest absolute Gasteiger partial charge is 0.352 e. The Morgan fingerprint density at radius 2 is 1.74 bits per heavy atom. The zero-order chi connectivity index (χ0) is 16.7. The number of nitrogens with one attached hydrogen (secondary N) is 1. The van der Waals surface area contributed by atoms with E-state index in [9.17, 15) is 4.79 Å². The van der Waals surface area contributed by atoms with Gasteiger partial charge in [-0.05, 0) is 49.4 Å². The molecule has 0 aliphatic heterocycles. The molecule has 3 nitrogen and oxygen atoms in total. The summed E-state index contributed by atoms with van der Waals surface area (Å²) in [4.78, 5) is 12.2. The minimum absolute atomic E-state index is 0.0860. The number of carbonyl (C=O) groups is 1. The van der Waals surface area contributed by atoms with Gasteiger partial charge in [-0.25, -0.2) is 0 Å². The average Bonchev–Trinajstić information content (AvgIpc) is 2.55. The third-order valence-corrected chi connectivity index (χ3v) is 4.33. The number of hydrogen-bond acceptors (Lipinski definition) is 2. The van der Waals surface area contributed by atoms with Gasteiger partial charge >= 0.3 is 0 Å². The molecule has 2 aromatic carbocycles. The molecule has 0 aliphatic carbocycles. The predicted molar refractivity (Wildman–Crippen MR) is 98.2 cm³/mol. The quantitative estimate of drug-likeness (QED) is 0.779. The van der Waals surface area contributed by atoms with Crippen molar-refractivity contribution in [3.05, 3.63) is 70.2 Å². The molecule has 1 amide bonds. The van der Waals surface area contributed by atoms with Crippen LogP contribution in [0.1, 0.15) is 24.5 Å². The molecule has 0 aliphatic rings. The van der Waals surface area contributed by atoms with Crippen molar-refractivity contribution in [1.29, 1.82) is 0 Å². The van der Waals surface area contributed by atoms with Gasteiger partial charge < -0.3 is 11.1 Å². The number of aryl methyl sites for hydroxylation is 1. The molecule has 0 aromatic heterocycles. The van der Waals surface area contributed by atoms with Gasteiger partial charge in [-0.2, -0.15) is 0 Å². The average molecular weight is 375 g/mol. The van der Waals surface area contributed by atoms with Gasteiger partial charge in [0.2, 0.25) is 5.91 Å². The topological polar surface area (TPSA) is 55.1 Å². The molecule has 0 heterocycles. The first-order valence-corrected chi connectivity index (χ1v) is 8.68. The van der Waals surface area contributed by atoms with Gasteiger partial charge in [0.15, 0.2) is 0 Å². The normalized spacial score (nSPS) is 13.3. The Balaban J connectivity index is 1.76. The summed E-state index contributed by atoms with van der Waals surface area (Å²) in [7, 11) is 0. The summed E-state index contributed by atoms with van der Waals surface area (Å²) in [6, 6.07) is 17.7. The van der Waals surface area contributed by atoms with Gasteiger partial charge in [-0.3, -0.25) is 4.79 Å². The second kappa shape index (κ2) is 8.85. The van der Waals surface area contributed by atoms with Crippen molar-refractivity contribution in [2.75, 3.05) is 0 Å². The number of halogens is 1. The zero-order valence-corrected chi connectivity index (χ0v) is 14.9. The van der Waals surface area contributed by atoms with E-state index in [0.29, 0.717) is 6.42 Å². The minimum Gasteiger partial charge on any atom is -0.352 e. The Kier molecular flexibility index (Phi) is 6.81.